The molecule has 1 aromatic carbocycles. The first kappa shape index (κ1) is 18.6. The van der Waals surface area contributed by atoms with E-state index in [4.69, 9.17) is 4.74 Å². The maximum atomic E-state index is 11.9. The summed E-state index contributed by atoms with van der Waals surface area (Å²) in [7, 11) is 0. The summed E-state index contributed by atoms with van der Waals surface area (Å²) >= 11 is 0. The average molecular weight is 364 g/mol. The van der Waals surface area contributed by atoms with Gasteiger partial charge in [-0.15, -0.1) is 0 Å². The minimum absolute atomic E-state index is 0.120. The summed E-state index contributed by atoms with van der Waals surface area (Å²) in [4.78, 5) is 23.6. The zero-order valence-corrected chi connectivity index (χ0v) is 16.1. The SMILES string of the molecule is CCOc1ccc(CNc2ccc(-c3nc(C)c(C)c(=O)[nH]3)cn2)cc1C. The number of nitrogens with one attached hydrogen (secondary N) is 2. The highest BCUT2D eigenvalue weighted by Crippen LogP contribution is 2.20. The van der Waals surface area contributed by atoms with Crippen LogP contribution >= 0.6 is 0 Å². The monoisotopic (exact) mass is 364 g/mol. The summed E-state index contributed by atoms with van der Waals surface area (Å²) in [6, 6.07) is 9.92. The van der Waals surface area contributed by atoms with Crippen LogP contribution in [0, 0.1) is 20.8 Å². The molecule has 0 saturated heterocycles. The van der Waals surface area contributed by atoms with Crippen LogP contribution in [0.15, 0.2) is 41.3 Å². The maximum absolute atomic E-state index is 11.9. The molecule has 0 radical (unpaired) electrons. The van der Waals surface area contributed by atoms with Gasteiger partial charge in [0.2, 0.25) is 0 Å². The lowest BCUT2D eigenvalue weighted by molar-refractivity contribution is 0.338. The zero-order chi connectivity index (χ0) is 19.4. The first-order valence-corrected chi connectivity index (χ1v) is 8.98. The number of hydrogen-bond acceptors (Lipinski definition) is 5. The highest BCUT2D eigenvalue weighted by atomic mass is 16.5. The molecule has 0 aliphatic carbocycles. The Kier molecular flexibility index (Phi) is 5.54. The topological polar surface area (TPSA) is 79.9 Å². The van der Waals surface area contributed by atoms with Crippen molar-refractivity contribution in [2.24, 2.45) is 0 Å². The molecule has 6 nitrogen and oxygen atoms in total. The molecular formula is C21H24N4O2. The molecule has 0 unspecified atom stereocenters. The Hall–Kier alpha value is -3.15. The minimum Gasteiger partial charge on any atom is -0.494 e. The normalized spacial score (nSPS) is 10.7. The summed E-state index contributed by atoms with van der Waals surface area (Å²) < 4.78 is 5.57. The quantitative estimate of drug-likeness (QED) is 0.696. The third-order valence-electron chi connectivity index (χ3n) is 4.44. The number of aromatic nitrogens is 3. The van der Waals surface area contributed by atoms with E-state index in [0.29, 0.717) is 24.5 Å². The molecular weight excluding hydrogens is 340 g/mol. The second-order valence-corrected chi connectivity index (χ2v) is 6.44. The summed E-state index contributed by atoms with van der Waals surface area (Å²) in [5.41, 5.74) is 4.28. The number of ether oxygens (including phenoxy) is 1. The van der Waals surface area contributed by atoms with Gasteiger partial charge in [0.05, 0.1) is 6.61 Å². The Balaban J connectivity index is 1.69. The molecule has 3 aromatic rings. The zero-order valence-electron chi connectivity index (χ0n) is 16.1. The number of nitrogens with zero attached hydrogens (tertiary/aromatic N) is 2. The van der Waals surface area contributed by atoms with Crippen LogP contribution < -0.4 is 15.6 Å². The molecule has 0 aliphatic heterocycles. The van der Waals surface area contributed by atoms with E-state index in [-0.39, 0.29) is 5.56 Å². The van der Waals surface area contributed by atoms with E-state index in [2.05, 4.69) is 26.3 Å². The Morgan fingerprint density at radius 3 is 2.59 bits per heavy atom. The molecule has 27 heavy (non-hydrogen) atoms. The van der Waals surface area contributed by atoms with Gasteiger partial charge < -0.3 is 15.0 Å². The Labute approximate surface area is 158 Å². The van der Waals surface area contributed by atoms with Crippen molar-refractivity contribution in [3.8, 4) is 17.1 Å². The minimum atomic E-state index is -0.120. The van der Waals surface area contributed by atoms with Crippen molar-refractivity contribution in [1.82, 2.24) is 15.0 Å². The Bertz CT molecular complexity index is 994. The largest absolute Gasteiger partial charge is 0.494 e. The van der Waals surface area contributed by atoms with Crippen LogP contribution in [-0.4, -0.2) is 21.6 Å². The van der Waals surface area contributed by atoms with E-state index < -0.39 is 0 Å². The van der Waals surface area contributed by atoms with Crippen molar-refractivity contribution in [2.75, 3.05) is 11.9 Å². The first-order valence-electron chi connectivity index (χ1n) is 8.98. The fourth-order valence-corrected chi connectivity index (χ4v) is 2.75. The lowest BCUT2D eigenvalue weighted by Crippen LogP contribution is -2.14. The maximum Gasteiger partial charge on any atom is 0.254 e. The van der Waals surface area contributed by atoms with Crippen molar-refractivity contribution in [2.45, 2.75) is 34.2 Å². The molecule has 2 aromatic heterocycles. The van der Waals surface area contributed by atoms with Crippen LogP contribution in [0.5, 0.6) is 5.75 Å². The Morgan fingerprint density at radius 2 is 1.96 bits per heavy atom. The van der Waals surface area contributed by atoms with E-state index in [1.54, 1.807) is 13.1 Å². The van der Waals surface area contributed by atoms with Crippen LogP contribution in [0.2, 0.25) is 0 Å². The summed E-state index contributed by atoms with van der Waals surface area (Å²) in [6.45, 7) is 8.94. The van der Waals surface area contributed by atoms with E-state index in [1.807, 2.05) is 45.0 Å². The summed E-state index contributed by atoms with van der Waals surface area (Å²) in [5, 5.41) is 3.31. The predicted octanol–water partition coefficient (Wildman–Crippen LogP) is 3.77. The van der Waals surface area contributed by atoms with E-state index >= 15 is 0 Å². The van der Waals surface area contributed by atoms with Gasteiger partial charge in [-0.3, -0.25) is 4.79 Å². The fraction of sp³-hybridized carbons (Fsp3) is 0.286. The van der Waals surface area contributed by atoms with Crippen LogP contribution in [0.25, 0.3) is 11.4 Å². The number of rotatable bonds is 6. The number of anilines is 1. The second kappa shape index (κ2) is 8.03. The average Bonchev–Trinajstić information content (AvgIpc) is 2.66. The van der Waals surface area contributed by atoms with Crippen molar-refractivity contribution in [3.05, 3.63) is 69.3 Å². The molecule has 3 rings (SSSR count). The van der Waals surface area contributed by atoms with Gasteiger partial charge in [-0.05, 0) is 57.0 Å². The highest BCUT2D eigenvalue weighted by molar-refractivity contribution is 5.56. The number of pyridine rings is 1. The molecule has 6 heteroatoms. The molecule has 0 saturated carbocycles. The molecule has 0 spiro atoms. The van der Waals surface area contributed by atoms with Crippen molar-refractivity contribution >= 4 is 5.82 Å². The van der Waals surface area contributed by atoms with Crippen molar-refractivity contribution in [1.29, 1.82) is 0 Å². The first-order chi connectivity index (χ1) is 13.0. The van der Waals surface area contributed by atoms with Crippen LogP contribution in [0.1, 0.15) is 29.3 Å². The van der Waals surface area contributed by atoms with Crippen molar-refractivity contribution in [3.63, 3.8) is 0 Å². The lowest BCUT2D eigenvalue weighted by Gasteiger charge is -2.10. The standard InChI is InChI=1S/C21H24N4O2/c1-5-27-18-8-6-16(10-13(18)2)11-22-19-9-7-17(12-23-19)20-24-15(4)14(3)21(26)25-20/h6-10,12H,5,11H2,1-4H3,(H,22,23)(H,24,25,26). The highest BCUT2D eigenvalue weighted by Gasteiger charge is 2.07. The number of aryl methyl sites for hydroxylation is 2. The molecule has 0 atom stereocenters. The van der Waals surface area contributed by atoms with Crippen LogP contribution in [0.4, 0.5) is 5.82 Å². The predicted molar refractivity (Wildman–Crippen MR) is 107 cm³/mol. The van der Waals surface area contributed by atoms with Gasteiger partial charge in [-0.25, -0.2) is 9.97 Å². The smallest absolute Gasteiger partial charge is 0.254 e. The summed E-state index contributed by atoms with van der Waals surface area (Å²) in [5.74, 6) is 2.21. The van der Waals surface area contributed by atoms with Crippen LogP contribution in [0.3, 0.4) is 0 Å². The third-order valence-corrected chi connectivity index (χ3v) is 4.44. The summed E-state index contributed by atoms with van der Waals surface area (Å²) in [6.07, 6.45) is 1.71. The molecule has 140 valence electrons. The van der Waals surface area contributed by atoms with Gasteiger partial charge in [0.25, 0.3) is 5.56 Å². The number of hydrogen-bond donors (Lipinski definition) is 2. The molecule has 0 fully saturated rings. The van der Waals surface area contributed by atoms with E-state index in [1.165, 1.54) is 0 Å². The molecule has 0 aliphatic rings. The molecule has 2 N–H and O–H groups in total. The van der Waals surface area contributed by atoms with Gasteiger partial charge in [0.1, 0.15) is 17.4 Å². The van der Waals surface area contributed by atoms with Crippen molar-refractivity contribution < 1.29 is 4.74 Å². The van der Waals surface area contributed by atoms with Gasteiger partial charge >= 0.3 is 0 Å². The van der Waals surface area contributed by atoms with Gasteiger partial charge in [-0.1, -0.05) is 12.1 Å². The van der Waals surface area contributed by atoms with E-state index in [9.17, 15) is 4.79 Å². The van der Waals surface area contributed by atoms with Gasteiger partial charge in [0, 0.05) is 29.6 Å². The number of aromatic amines is 1. The van der Waals surface area contributed by atoms with Gasteiger partial charge in [-0.2, -0.15) is 0 Å². The number of benzene rings is 1. The molecule has 0 bridgehead atoms. The fourth-order valence-electron chi connectivity index (χ4n) is 2.75. The van der Waals surface area contributed by atoms with E-state index in [0.717, 1.165) is 34.0 Å². The molecule has 0 amide bonds. The second-order valence-electron chi connectivity index (χ2n) is 6.44. The lowest BCUT2D eigenvalue weighted by atomic mass is 10.1. The molecule has 2 heterocycles. The van der Waals surface area contributed by atoms with Gasteiger partial charge in [0.15, 0.2) is 0 Å². The Morgan fingerprint density at radius 1 is 1.15 bits per heavy atom. The third kappa shape index (κ3) is 4.34. The number of H-pyrrole nitrogens is 1. The van der Waals surface area contributed by atoms with Crippen LogP contribution in [-0.2, 0) is 6.54 Å².